The maximum absolute atomic E-state index is 3.98. The van der Waals surface area contributed by atoms with Gasteiger partial charge in [-0.3, -0.25) is 0 Å². The van der Waals surface area contributed by atoms with E-state index in [9.17, 15) is 0 Å². The Balaban J connectivity index is 1.74. The van der Waals surface area contributed by atoms with Gasteiger partial charge in [0.2, 0.25) is 0 Å². The Morgan fingerprint density at radius 1 is 1.50 bits per heavy atom. The molecule has 66 valence electrons. The van der Waals surface area contributed by atoms with Crippen molar-refractivity contribution in [2.75, 3.05) is 0 Å². The van der Waals surface area contributed by atoms with E-state index in [0.717, 1.165) is 12.2 Å². The van der Waals surface area contributed by atoms with Crippen LogP contribution in [0.4, 0.5) is 0 Å². The van der Waals surface area contributed by atoms with Crippen molar-refractivity contribution in [3.63, 3.8) is 0 Å². The fourth-order valence-electron chi connectivity index (χ4n) is 1.69. The van der Waals surface area contributed by atoms with Crippen molar-refractivity contribution in [3.8, 4) is 0 Å². The lowest BCUT2D eigenvalue weighted by Crippen LogP contribution is -2.25. The van der Waals surface area contributed by atoms with Gasteiger partial charge in [0, 0.05) is 12.6 Å². The second-order valence-corrected chi connectivity index (χ2v) is 3.32. The molecular weight excluding hydrogens is 152 g/mol. The smallest absolute Gasteiger partial charge is 0.0962 e. The highest BCUT2D eigenvalue weighted by Crippen LogP contribution is 2.17. The molecule has 1 saturated carbocycles. The minimum Gasteiger partial charge on any atom is -0.308 e. The summed E-state index contributed by atoms with van der Waals surface area (Å²) in [6.07, 6.45) is 7.14. The number of rotatable bonds is 3. The van der Waals surface area contributed by atoms with E-state index in [4.69, 9.17) is 0 Å². The van der Waals surface area contributed by atoms with Gasteiger partial charge in [0.05, 0.1) is 11.9 Å². The summed E-state index contributed by atoms with van der Waals surface area (Å²) in [4.78, 5) is 0. The average Bonchev–Trinajstić information content (AvgIpc) is 2.74. The Morgan fingerprint density at radius 2 is 2.33 bits per heavy atom. The Kier molecular flexibility index (Phi) is 2.36. The molecule has 2 rings (SSSR count). The van der Waals surface area contributed by atoms with E-state index in [1.54, 1.807) is 6.20 Å². The molecule has 1 fully saturated rings. The first-order valence-electron chi connectivity index (χ1n) is 4.53. The van der Waals surface area contributed by atoms with Crippen LogP contribution in [-0.4, -0.2) is 21.5 Å². The summed E-state index contributed by atoms with van der Waals surface area (Å²) in [6, 6.07) is 0.710. The first kappa shape index (κ1) is 7.73. The van der Waals surface area contributed by atoms with E-state index in [-0.39, 0.29) is 0 Å². The molecule has 0 bridgehead atoms. The van der Waals surface area contributed by atoms with Crippen LogP contribution in [-0.2, 0) is 6.54 Å². The summed E-state index contributed by atoms with van der Waals surface area (Å²) in [6.45, 7) is 0.848. The summed E-state index contributed by atoms with van der Waals surface area (Å²) >= 11 is 0. The summed E-state index contributed by atoms with van der Waals surface area (Å²) in [5, 5.41) is 13.8. The summed E-state index contributed by atoms with van der Waals surface area (Å²) in [7, 11) is 0. The van der Waals surface area contributed by atoms with Crippen LogP contribution < -0.4 is 5.32 Å². The molecular formula is C8H14N4. The number of nitrogens with one attached hydrogen (secondary N) is 2. The van der Waals surface area contributed by atoms with Crippen molar-refractivity contribution in [2.24, 2.45) is 0 Å². The molecule has 0 unspecified atom stereocenters. The summed E-state index contributed by atoms with van der Waals surface area (Å²) in [5.41, 5.74) is 1.00. The fourth-order valence-corrected chi connectivity index (χ4v) is 1.69. The lowest BCUT2D eigenvalue weighted by Gasteiger charge is -2.08. The van der Waals surface area contributed by atoms with Gasteiger partial charge in [0.1, 0.15) is 0 Å². The number of nitrogens with zero attached hydrogens (tertiary/aromatic N) is 2. The van der Waals surface area contributed by atoms with Gasteiger partial charge in [-0.25, -0.2) is 0 Å². The Morgan fingerprint density at radius 3 is 3.00 bits per heavy atom. The van der Waals surface area contributed by atoms with E-state index < -0.39 is 0 Å². The van der Waals surface area contributed by atoms with Crippen LogP contribution in [0.25, 0.3) is 0 Å². The van der Waals surface area contributed by atoms with Crippen molar-refractivity contribution in [1.82, 2.24) is 20.7 Å². The van der Waals surface area contributed by atoms with E-state index >= 15 is 0 Å². The number of hydrogen-bond acceptors (Lipinski definition) is 3. The number of H-pyrrole nitrogens is 1. The Hall–Kier alpha value is -0.900. The molecule has 4 heteroatoms. The zero-order chi connectivity index (χ0) is 8.23. The van der Waals surface area contributed by atoms with Gasteiger partial charge >= 0.3 is 0 Å². The predicted octanol–water partition coefficient (Wildman–Crippen LogP) is 0.837. The number of hydrogen-bond donors (Lipinski definition) is 2. The molecule has 2 N–H and O–H groups in total. The van der Waals surface area contributed by atoms with Gasteiger partial charge in [0.25, 0.3) is 0 Å². The van der Waals surface area contributed by atoms with E-state index in [0.29, 0.717) is 6.04 Å². The molecule has 0 aromatic carbocycles. The van der Waals surface area contributed by atoms with Crippen LogP contribution in [0, 0.1) is 0 Å². The molecule has 4 nitrogen and oxygen atoms in total. The van der Waals surface area contributed by atoms with Crippen LogP contribution in [0.5, 0.6) is 0 Å². The van der Waals surface area contributed by atoms with Gasteiger partial charge in [0.15, 0.2) is 0 Å². The summed E-state index contributed by atoms with van der Waals surface area (Å²) in [5.74, 6) is 0. The molecule has 0 spiro atoms. The second-order valence-electron chi connectivity index (χ2n) is 3.32. The average molecular weight is 166 g/mol. The third kappa shape index (κ3) is 1.82. The van der Waals surface area contributed by atoms with Crippen LogP contribution in [0.3, 0.4) is 0 Å². The van der Waals surface area contributed by atoms with Crippen LogP contribution in [0.1, 0.15) is 31.4 Å². The SMILES string of the molecule is c1n[nH]nc1CNC1CCCC1. The predicted molar refractivity (Wildman–Crippen MR) is 45.5 cm³/mol. The molecule has 0 amide bonds. The molecule has 0 radical (unpaired) electrons. The molecule has 0 saturated heterocycles. The van der Waals surface area contributed by atoms with Gasteiger partial charge in [-0.05, 0) is 12.8 Å². The normalized spacial score (nSPS) is 18.7. The third-order valence-electron chi connectivity index (χ3n) is 2.39. The molecule has 1 aromatic rings. The highest BCUT2D eigenvalue weighted by atomic mass is 15.3. The van der Waals surface area contributed by atoms with Crippen LogP contribution in [0.15, 0.2) is 6.20 Å². The van der Waals surface area contributed by atoms with E-state index in [2.05, 4.69) is 20.7 Å². The highest BCUT2D eigenvalue weighted by molar-refractivity contribution is 4.90. The van der Waals surface area contributed by atoms with Crippen molar-refractivity contribution in [1.29, 1.82) is 0 Å². The quantitative estimate of drug-likeness (QED) is 0.699. The minimum absolute atomic E-state index is 0.710. The molecule has 0 atom stereocenters. The lowest BCUT2D eigenvalue weighted by molar-refractivity contribution is 0.519. The zero-order valence-corrected chi connectivity index (χ0v) is 7.08. The van der Waals surface area contributed by atoms with Crippen molar-refractivity contribution < 1.29 is 0 Å². The van der Waals surface area contributed by atoms with Crippen LogP contribution >= 0.6 is 0 Å². The standard InChI is InChI=1S/C8H14N4/c1-2-4-7(3-1)9-5-8-6-10-12-11-8/h6-7,9H,1-5H2,(H,10,11,12). The van der Waals surface area contributed by atoms with Crippen LogP contribution in [0.2, 0.25) is 0 Å². The molecule has 1 aromatic heterocycles. The van der Waals surface area contributed by atoms with Gasteiger partial charge in [-0.2, -0.15) is 15.4 Å². The fraction of sp³-hybridized carbons (Fsp3) is 0.750. The Labute approximate surface area is 71.8 Å². The second kappa shape index (κ2) is 3.67. The van der Waals surface area contributed by atoms with Crippen molar-refractivity contribution >= 4 is 0 Å². The monoisotopic (exact) mass is 166 g/mol. The van der Waals surface area contributed by atoms with E-state index in [1.165, 1.54) is 25.7 Å². The van der Waals surface area contributed by atoms with Gasteiger partial charge in [-0.1, -0.05) is 12.8 Å². The topological polar surface area (TPSA) is 53.6 Å². The lowest BCUT2D eigenvalue weighted by atomic mass is 10.2. The molecule has 12 heavy (non-hydrogen) atoms. The molecule has 1 aliphatic rings. The van der Waals surface area contributed by atoms with E-state index in [1.807, 2.05) is 0 Å². The minimum atomic E-state index is 0.710. The molecule has 1 heterocycles. The maximum Gasteiger partial charge on any atom is 0.0962 e. The first-order chi connectivity index (χ1) is 5.95. The van der Waals surface area contributed by atoms with Crippen molar-refractivity contribution in [2.45, 2.75) is 38.3 Å². The first-order valence-corrected chi connectivity index (χ1v) is 4.53. The van der Waals surface area contributed by atoms with Gasteiger partial charge in [-0.15, -0.1) is 0 Å². The number of aromatic amines is 1. The highest BCUT2D eigenvalue weighted by Gasteiger charge is 2.13. The molecule has 0 aliphatic heterocycles. The largest absolute Gasteiger partial charge is 0.308 e. The molecule has 1 aliphatic carbocycles. The van der Waals surface area contributed by atoms with Gasteiger partial charge < -0.3 is 5.32 Å². The zero-order valence-electron chi connectivity index (χ0n) is 7.08. The summed E-state index contributed by atoms with van der Waals surface area (Å²) < 4.78 is 0. The maximum atomic E-state index is 3.98. The number of aromatic nitrogens is 3. The third-order valence-corrected chi connectivity index (χ3v) is 2.39. The van der Waals surface area contributed by atoms with Crippen molar-refractivity contribution in [3.05, 3.63) is 11.9 Å². The Bertz CT molecular complexity index is 213.